The minimum Gasteiger partial charge on any atom is -0.477 e. The van der Waals surface area contributed by atoms with E-state index in [2.05, 4.69) is 5.32 Å². The Morgan fingerprint density at radius 1 is 1.09 bits per heavy atom. The summed E-state index contributed by atoms with van der Waals surface area (Å²) in [6.45, 7) is 4.61. The molecule has 9 heteroatoms. The van der Waals surface area contributed by atoms with Crippen molar-refractivity contribution in [2.45, 2.75) is 12.8 Å². The zero-order valence-corrected chi connectivity index (χ0v) is 19.4. The van der Waals surface area contributed by atoms with Gasteiger partial charge in [-0.1, -0.05) is 37.3 Å². The Balaban J connectivity index is 1.72. The molecule has 3 aromatic rings. The molecule has 1 saturated heterocycles. The Bertz CT molecular complexity index is 1280. The molecule has 1 amide bonds. The van der Waals surface area contributed by atoms with Crippen molar-refractivity contribution in [1.82, 2.24) is 4.57 Å². The van der Waals surface area contributed by atoms with E-state index in [0.29, 0.717) is 49.8 Å². The number of anilines is 2. The lowest BCUT2D eigenvalue weighted by Gasteiger charge is -2.31. The van der Waals surface area contributed by atoms with Crippen LogP contribution in [0.2, 0.25) is 0 Å². The molecule has 182 valence electrons. The summed E-state index contributed by atoms with van der Waals surface area (Å²) in [5, 5.41) is 13.0. The maximum absolute atomic E-state index is 13.4. The Labute approximate surface area is 202 Å². The molecule has 9 nitrogen and oxygen atoms in total. The van der Waals surface area contributed by atoms with Crippen LogP contribution in [0.4, 0.5) is 11.4 Å². The number of nitrogens with one attached hydrogen (secondary N) is 1. The van der Waals surface area contributed by atoms with Crippen molar-refractivity contribution in [2.75, 3.05) is 43.1 Å². The number of morpholine rings is 1. The van der Waals surface area contributed by atoms with Gasteiger partial charge < -0.3 is 25.8 Å². The largest absolute Gasteiger partial charge is 0.477 e. The van der Waals surface area contributed by atoms with Crippen LogP contribution in [0.1, 0.15) is 39.1 Å². The molecular weight excluding hydrogens is 448 g/mol. The van der Waals surface area contributed by atoms with Gasteiger partial charge >= 0.3 is 5.97 Å². The fourth-order valence-corrected chi connectivity index (χ4v) is 4.18. The van der Waals surface area contributed by atoms with Gasteiger partial charge in [0.15, 0.2) is 0 Å². The summed E-state index contributed by atoms with van der Waals surface area (Å²) in [4.78, 5) is 39.3. The summed E-state index contributed by atoms with van der Waals surface area (Å²) in [5.74, 6) is -1.80. The lowest BCUT2D eigenvalue weighted by molar-refractivity contribution is 0.0695. The number of primary amides is 1. The monoisotopic (exact) mass is 476 g/mol. The zero-order chi connectivity index (χ0) is 24.9. The third-order valence-electron chi connectivity index (χ3n) is 6.14. The first-order valence-corrected chi connectivity index (χ1v) is 11.4. The molecule has 1 unspecified atom stereocenters. The van der Waals surface area contributed by atoms with E-state index < -0.39 is 17.4 Å². The summed E-state index contributed by atoms with van der Waals surface area (Å²) in [7, 11) is 0. The van der Waals surface area contributed by atoms with Crippen LogP contribution in [0, 0.1) is 0 Å². The molecule has 1 aromatic heterocycles. The average Bonchev–Trinajstić information content (AvgIpc) is 2.87. The van der Waals surface area contributed by atoms with Gasteiger partial charge in [-0.3, -0.25) is 14.2 Å². The van der Waals surface area contributed by atoms with E-state index in [0.717, 1.165) is 5.56 Å². The number of aromatic nitrogens is 1. The summed E-state index contributed by atoms with van der Waals surface area (Å²) in [6, 6.07) is 16.2. The average molecular weight is 477 g/mol. The second-order valence-electron chi connectivity index (χ2n) is 8.44. The van der Waals surface area contributed by atoms with E-state index in [-0.39, 0.29) is 17.2 Å². The maximum Gasteiger partial charge on any atom is 0.343 e. The number of carboxylic acids is 1. The van der Waals surface area contributed by atoms with E-state index >= 15 is 0 Å². The van der Waals surface area contributed by atoms with Gasteiger partial charge in [0, 0.05) is 31.4 Å². The number of ether oxygens (including phenoxy) is 1. The first-order valence-electron chi connectivity index (χ1n) is 11.4. The third-order valence-corrected chi connectivity index (χ3v) is 6.14. The van der Waals surface area contributed by atoms with Crippen molar-refractivity contribution < 1.29 is 19.4 Å². The number of hydrogen-bond acceptors (Lipinski definition) is 6. The maximum atomic E-state index is 13.4. The molecule has 0 bridgehead atoms. The van der Waals surface area contributed by atoms with Crippen LogP contribution in [0.5, 0.6) is 0 Å². The SMILES string of the molecule is CC(CNc1ccn(-c2ccc(C(N)=O)cc2N2CCOCC2)c(=O)c1C(=O)O)c1ccccc1. The molecule has 4 rings (SSSR count). The van der Waals surface area contributed by atoms with E-state index in [1.165, 1.54) is 10.6 Å². The normalized spacial score (nSPS) is 14.4. The van der Waals surface area contributed by atoms with Crippen molar-refractivity contribution in [3.63, 3.8) is 0 Å². The molecule has 1 atom stereocenters. The predicted octanol–water partition coefficient (Wildman–Crippen LogP) is 2.69. The number of benzene rings is 2. The Kier molecular flexibility index (Phi) is 7.17. The second kappa shape index (κ2) is 10.4. The summed E-state index contributed by atoms with van der Waals surface area (Å²) in [6.07, 6.45) is 1.55. The molecule has 35 heavy (non-hydrogen) atoms. The van der Waals surface area contributed by atoms with Gasteiger partial charge in [0.25, 0.3) is 5.56 Å². The van der Waals surface area contributed by atoms with Crippen molar-refractivity contribution in [3.8, 4) is 5.69 Å². The molecule has 0 saturated carbocycles. The summed E-state index contributed by atoms with van der Waals surface area (Å²) in [5.41, 5.74) is 7.20. The number of carbonyl (C=O) groups excluding carboxylic acids is 1. The zero-order valence-electron chi connectivity index (χ0n) is 19.4. The van der Waals surface area contributed by atoms with E-state index in [9.17, 15) is 19.5 Å². The van der Waals surface area contributed by atoms with Gasteiger partial charge in [0.2, 0.25) is 5.91 Å². The smallest absolute Gasteiger partial charge is 0.343 e. The number of pyridine rings is 1. The minimum absolute atomic E-state index is 0.106. The quantitative estimate of drug-likeness (QED) is 0.456. The van der Waals surface area contributed by atoms with Gasteiger partial charge in [-0.15, -0.1) is 0 Å². The predicted molar refractivity (Wildman–Crippen MR) is 134 cm³/mol. The highest BCUT2D eigenvalue weighted by atomic mass is 16.5. The number of nitrogens with two attached hydrogens (primary N) is 1. The van der Waals surface area contributed by atoms with Gasteiger partial charge in [0.05, 0.1) is 30.3 Å². The Hall–Kier alpha value is -4.11. The molecule has 0 aliphatic carbocycles. The van der Waals surface area contributed by atoms with Crippen LogP contribution in [0.15, 0.2) is 65.6 Å². The summed E-state index contributed by atoms with van der Waals surface area (Å²) >= 11 is 0. The Morgan fingerprint density at radius 3 is 2.46 bits per heavy atom. The lowest BCUT2D eigenvalue weighted by atomic mass is 10.0. The second-order valence-corrected chi connectivity index (χ2v) is 8.44. The van der Waals surface area contributed by atoms with Crippen molar-refractivity contribution >= 4 is 23.3 Å². The van der Waals surface area contributed by atoms with Gasteiger partial charge in [-0.25, -0.2) is 4.79 Å². The Morgan fingerprint density at radius 2 is 1.80 bits per heavy atom. The highest BCUT2D eigenvalue weighted by molar-refractivity contribution is 5.95. The van der Waals surface area contributed by atoms with Crippen molar-refractivity contribution in [2.24, 2.45) is 5.73 Å². The van der Waals surface area contributed by atoms with Crippen LogP contribution in [-0.2, 0) is 4.74 Å². The molecule has 1 aliphatic heterocycles. The lowest BCUT2D eigenvalue weighted by Crippen LogP contribution is -2.37. The standard InChI is InChI=1S/C26H28N4O5/c1-17(18-5-3-2-4-6-18)16-28-20-9-10-30(25(32)23(20)26(33)34)21-8-7-19(24(27)31)15-22(21)29-11-13-35-14-12-29/h2-10,15,17,28H,11-14,16H2,1H3,(H2,27,31)(H,33,34). The van der Waals surface area contributed by atoms with Crippen molar-refractivity contribution in [1.29, 1.82) is 0 Å². The van der Waals surface area contributed by atoms with E-state index in [1.54, 1.807) is 24.4 Å². The van der Waals surface area contributed by atoms with E-state index in [1.807, 2.05) is 42.2 Å². The van der Waals surface area contributed by atoms with E-state index in [4.69, 9.17) is 10.5 Å². The van der Waals surface area contributed by atoms with Crippen LogP contribution >= 0.6 is 0 Å². The third kappa shape index (κ3) is 5.20. The summed E-state index contributed by atoms with van der Waals surface area (Å²) < 4.78 is 6.72. The highest BCUT2D eigenvalue weighted by Gasteiger charge is 2.22. The molecule has 4 N–H and O–H groups in total. The number of nitrogens with zero attached hydrogens (tertiary/aromatic N) is 2. The van der Waals surface area contributed by atoms with Gasteiger partial charge in [-0.2, -0.15) is 0 Å². The van der Waals surface area contributed by atoms with Crippen LogP contribution in [0.25, 0.3) is 5.69 Å². The minimum atomic E-state index is -1.32. The first kappa shape index (κ1) is 24.0. The molecule has 1 fully saturated rings. The highest BCUT2D eigenvalue weighted by Crippen LogP contribution is 2.27. The number of rotatable bonds is 8. The van der Waals surface area contributed by atoms with Crippen LogP contribution < -0.4 is 21.5 Å². The first-order chi connectivity index (χ1) is 16.9. The molecule has 2 aromatic carbocycles. The number of carboxylic acid groups (broad SMARTS) is 1. The fourth-order valence-electron chi connectivity index (χ4n) is 4.18. The van der Waals surface area contributed by atoms with Crippen LogP contribution in [-0.4, -0.2) is 54.4 Å². The number of amides is 1. The topological polar surface area (TPSA) is 127 Å². The molecule has 2 heterocycles. The molecule has 0 spiro atoms. The van der Waals surface area contributed by atoms with Gasteiger partial charge in [0.1, 0.15) is 5.56 Å². The molecule has 0 radical (unpaired) electrons. The molecular formula is C26H28N4O5. The molecule has 1 aliphatic rings. The van der Waals surface area contributed by atoms with Crippen LogP contribution in [0.3, 0.4) is 0 Å². The number of carbonyl (C=O) groups is 2. The van der Waals surface area contributed by atoms with Gasteiger partial charge in [-0.05, 0) is 35.7 Å². The fraction of sp³-hybridized carbons (Fsp3) is 0.269. The number of hydrogen-bond donors (Lipinski definition) is 3. The number of aromatic carboxylic acids is 1. The van der Waals surface area contributed by atoms with Crippen molar-refractivity contribution in [3.05, 3.63) is 87.8 Å².